The zero-order valence-electron chi connectivity index (χ0n) is 11.1. The molecular weight excluding hydrogens is 254 g/mol. The van der Waals surface area contributed by atoms with Crippen LogP contribution in [0.15, 0.2) is 46.9 Å². The fraction of sp³-hybridized carbons (Fsp3) is 0.133. The summed E-state index contributed by atoms with van der Waals surface area (Å²) in [6, 6.07) is 13.4. The zero-order valence-corrected chi connectivity index (χ0v) is 11.1. The fourth-order valence-electron chi connectivity index (χ4n) is 1.92. The Labute approximate surface area is 116 Å². The van der Waals surface area contributed by atoms with Gasteiger partial charge in [0.05, 0.1) is 6.61 Å². The quantitative estimate of drug-likeness (QED) is 0.708. The smallest absolute Gasteiger partial charge is 0.300 e. The minimum absolute atomic E-state index is 0.440. The normalized spacial score (nSPS) is 10.7. The van der Waals surface area contributed by atoms with Gasteiger partial charge in [-0.1, -0.05) is 0 Å². The van der Waals surface area contributed by atoms with E-state index in [0.29, 0.717) is 23.9 Å². The number of hydrogen-bond donors (Lipinski definition) is 2. The molecule has 102 valence electrons. The van der Waals surface area contributed by atoms with E-state index in [1.165, 1.54) is 0 Å². The van der Waals surface area contributed by atoms with E-state index >= 15 is 0 Å². The largest absolute Gasteiger partial charge is 0.494 e. The lowest BCUT2D eigenvalue weighted by Gasteiger charge is -2.04. The molecule has 0 atom stereocenters. The predicted molar refractivity (Wildman–Crippen MR) is 79.3 cm³/mol. The highest BCUT2D eigenvalue weighted by atomic mass is 16.5. The summed E-state index contributed by atoms with van der Waals surface area (Å²) in [5.74, 6) is 0.836. The molecule has 3 N–H and O–H groups in total. The van der Waals surface area contributed by atoms with Crippen LogP contribution >= 0.6 is 0 Å². The summed E-state index contributed by atoms with van der Waals surface area (Å²) in [5.41, 5.74) is 8.68. The van der Waals surface area contributed by atoms with Gasteiger partial charge >= 0.3 is 0 Å². The summed E-state index contributed by atoms with van der Waals surface area (Å²) in [6.45, 7) is 2.61. The van der Waals surface area contributed by atoms with E-state index in [0.717, 1.165) is 17.0 Å². The van der Waals surface area contributed by atoms with Crippen molar-refractivity contribution >= 4 is 28.5 Å². The monoisotopic (exact) mass is 269 g/mol. The molecule has 0 aliphatic carbocycles. The molecule has 0 radical (unpaired) electrons. The number of rotatable bonds is 4. The third-order valence-corrected chi connectivity index (χ3v) is 2.83. The highest BCUT2D eigenvalue weighted by Crippen LogP contribution is 2.24. The molecule has 2 aromatic carbocycles. The number of nitrogen functional groups attached to an aromatic ring is 1. The average molecular weight is 269 g/mol. The minimum Gasteiger partial charge on any atom is -0.494 e. The molecule has 0 aliphatic heterocycles. The molecule has 1 aromatic heterocycles. The number of nitrogens with one attached hydrogen (secondary N) is 1. The minimum atomic E-state index is 0.440. The van der Waals surface area contributed by atoms with Crippen LogP contribution in [0.25, 0.3) is 11.1 Å². The first-order chi connectivity index (χ1) is 9.74. The summed E-state index contributed by atoms with van der Waals surface area (Å²) < 4.78 is 11.0. The Kier molecular flexibility index (Phi) is 3.16. The van der Waals surface area contributed by atoms with Gasteiger partial charge in [-0.25, -0.2) is 0 Å². The Bertz CT molecular complexity index is 720. The first kappa shape index (κ1) is 12.3. The number of nitrogens with two attached hydrogens (primary N) is 1. The second-order valence-corrected chi connectivity index (χ2v) is 4.33. The lowest BCUT2D eigenvalue weighted by molar-refractivity contribution is 0.340. The van der Waals surface area contributed by atoms with Crippen molar-refractivity contribution in [3.63, 3.8) is 0 Å². The van der Waals surface area contributed by atoms with Gasteiger partial charge in [0, 0.05) is 17.4 Å². The number of ether oxygens (including phenoxy) is 1. The molecule has 3 rings (SSSR count). The molecule has 20 heavy (non-hydrogen) atoms. The molecule has 0 fully saturated rings. The summed E-state index contributed by atoms with van der Waals surface area (Å²) in [5, 5.41) is 3.11. The van der Waals surface area contributed by atoms with Crippen LogP contribution in [0, 0.1) is 0 Å². The Morgan fingerprint density at radius 1 is 1.20 bits per heavy atom. The number of oxazole rings is 1. The number of hydrogen-bond acceptors (Lipinski definition) is 5. The highest BCUT2D eigenvalue weighted by Gasteiger charge is 2.06. The molecule has 0 aliphatic rings. The fourth-order valence-corrected chi connectivity index (χ4v) is 1.92. The summed E-state index contributed by atoms with van der Waals surface area (Å²) >= 11 is 0. The van der Waals surface area contributed by atoms with E-state index in [2.05, 4.69) is 10.3 Å². The lowest BCUT2D eigenvalue weighted by atomic mass is 10.3. The summed E-state index contributed by atoms with van der Waals surface area (Å²) in [7, 11) is 0. The molecule has 0 bridgehead atoms. The molecule has 0 spiro atoms. The predicted octanol–water partition coefficient (Wildman–Crippen LogP) is 3.55. The maximum atomic E-state index is 5.71. The van der Waals surface area contributed by atoms with Gasteiger partial charge in [-0.2, -0.15) is 4.98 Å². The molecule has 1 heterocycles. The number of benzene rings is 2. The van der Waals surface area contributed by atoms with E-state index in [9.17, 15) is 0 Å². The Balaban J connectivity index is 1.81. The van der Waals surface area contributed by atoms with Gasteiger partial charge in [-0.3, -0.25) is 0 Å². The third-order valence-electron chi connectivity index (χ3n) is 2.83. The average Bonchev–Trinajstić information content (AvgIpc) is 2.82. The van der Waals surface area contributed by atoms with Crippen molar-refractivity contribution in [1.82, 2.24) is 4.98 Å². The van der Waals surface area contributed by atoms with E-state index in [-0.39, 0.29) is 0 Å². The van der Waals surface area contributed by atoms with Crippen molar-refractivity contribution in [3.05, 3.63) is 42.5 Å². The van der Waals surface area contributed by atoms with Crippen molar-refractivity contribution in [2.45, 2.75) is 6.92 Å². The van der Waals surface area contributed by atoms with Crippen molar-refractivity contribution in [1.29, 1.82) is 0 Å². The summed E-state index contributed by atoms with van der Waals surface area (Å²) in [4.78, 5) is 4.34. The second kappa shape index (κ2) is 5.13. The molecule has 3 aromatic rings. The summed E-state index contributed by atoms with van der Waals surface area (Å²) in [6.07, 6.45) is 0. The molecule has 0 unspecified atom stereocenters. The van der Waals surface area contributed by atoms with Gasteiger partial charge in [0.15, 0.2) is 5.58 Å². The van der Waals surface area contributed by atoms with Gasteiger partial charge in [-0.05, 0) is 43.3 Å². The van der Waals surface area contributed by atoms with Crippen LogP contribution in [-0.4, -0.2) is 11.6 Å². The van der Waals surface area contributed by atoms with Gasteiger partial charge in [-0.15, -0.1) is 0 Å². The molecule has 0 amide bonds. The van der Waals surface area contributed by atoms with E-state index in [1.807, 2.05) is 37.3 Å². The first-order valence-corrected chi connectivity index (χ1v) is 6.40. The van der Waals surface area contributed by atoms with Crippen LogP contribution in [0.5, 0.6) is 5.75 Å². The van der Waals surface area contributed by atoms with E-state index < -0.39 is 0 Å². The molecule has 5 nitrogen and oxygen atoms in total. The number of fused-ring (bicyclic) bond motifs is 1. The maximum Gasteiger partial charge on any atom is 0.300 e. The van der Waals surface area contributed by atoms with Crippen molar-refractivity contribution < 1.29 is 9.15 Å². The number of aromatic nitrogens is 1. The first-order valence-electron chi connectivity index (χ1n) is 6.40. The zero-order chi connectivity index (χ0) is 13.9. The topological polar surface area (TPSA) is 73.3 Å². The third kappa shape index (κ3) is 2.51. The standard InChI is InChI=1S/C15H15N3O2/c1-2-19-12-6-4-11(5-7-12)17-15-18-13-8-3-10(16)9-14(13)20-15/h3-9H,2,16H2,1H3,(H,17,18). The van der Waals surface area contributed by atoms with Crippen LogP contribution in [0.1, 0.15) is 6.92 Å². The van der Waals surface area contributed by atoms with Crippen LogP contribution in [0.2, 0.25) is 0 Å². The highest BCUT2D eigenvalue weighted by molar-refractivity contribution is 5.78. The Morgan fingerprint density at radius 2 is 2.00 bits per heavy atom. The van der Waals surface area contributed by atoms with E-state index in [1.54, 1.807) is 12.1 Å². The van der Waals surface area contributed by atoms with Gasteiger partial charge in [0.2, 0.25) is 0 Å². The van der Waals surface area contributed by atoms with Crippen LogP contribution < -0.4 is 15.8 Å². The van der Waals surface area contributed by atoms with Crippen molar-refractivity contribution in [2.24, 2.45) is 0 Å². The molecule has 0 saturated carbocycles. The second-order valence-electron chi connectivity index (χ2n) is 4.33. The van der Waals surface area contributed by atoms with Crippen LogP contribution in [0.4, 0.5) is 17.4 Å². The number of nitrogens with zero attached hydrogens (tertiary/aromatic N) is 1. The molecule has 0 saturated heterocycles. The van der Waals surface area contributed by atoms with Crippen LogP contribution in [0.3, 0.4) is 0 Å². The SMILES string of the molecule is CCOc1ccc(Nc2nc3ccc(N)cc3o2)cc1. The van der Waals surface area contributed by atoms with E-state index in [4.69, 9.17) is 14.9 Å². The van der Waals surface area contributed by atoms with Crippen molar-refractivity contribution in [3.8, 4) is 5.75 Å². The Hall–Kier alpha value is -2.69. The van der Waals surface area contributed by atoms with Gasteiger partial charge in [0.25, 0.3) is 6.01 Å². The lowest BCUT2D eigenvalue weighted by Crippen LogP contribution is -1.93. The van der Waals surface area contributed by atoms with Gasteiger partial charge in [0.1, 0.15) is 11.3 Å². The maximum absolute atomic E-state index is 5.71. The van der Waals surface area contributed by atoms with Crippen LogP contribution in [-0.2, 0) is 0 Å². The molecule has 5 heteroatoms. The number of anilines is 3. The van der Waals surface area contributed by atoms with Crippen molar-refractivity contribution in [2.75, 3.05) is 17.7 Å². The van der Waals surface area contributed by atoms with Gasteiger partial charge < -0.3 is 20.2 Å². The molecular formula is C15H15N3O2. The Morgan fingerprint density at radius 3 is 2.75 bits per heavy atom.